The van der Waals surface area contributed by atoms with Crippen molar-refractivity contribution in [1.82, 2.24) is 0 Å². The first kappa shape index (κ1) is 10.8. The van der Waals surface area contributed by atoms with Gasteiger partial charge in [-0.3, -0.25) is 0 Å². The highest BCUT2D eigenvalue weighted by Gasteiger charge is 2.08. The van der Waals surface area contributed by atoms with Gasteiger partial charge < -0.3 is 10.2 Å². The molecule has 0 aromatic heterocycles. The summed E-state index contributed by atoms with van der Waals surface area (Å²) < 4.78 is 0. The molecule has 0 atom stereocenters. The van der Waals surface area contributed by atoms with Crippen molar-refractivity contribution in [3.63, 3.8) is 0 Å². The van der Waals surface area contributed by atoms with Gasteiger partial charge in [-0.05, 0) is 47.4 Å². The molecule has 2 aromatic rings. The summed E-state index contributed by atoms with van der Waals surface area (Å²) in [5.41, 5.74) is 1.88. The number of phenols is 2. The molecule has 0 radical (unpaired) electrons. The third-order valence-electron chi connectivity index (χ3n) is 3.04. The molecule has 0 unspecified atom stereocenters. The molecule has 0 saturated carbocycles. The smallest absolute Gasteiger partial charge is 0.119 e. The lowest BCUT2D eigenvalue weighted by Crippen LogP contribution is -1.88. The molecule has 2 N–H and O–H groups in total. The van der Waals surface area contributed by atoms with Gasteiger partial charge in [0.25, 0.3) is 0 Å². The molecular weight excluding hydrogens is 200 g/mol. The number of hydrogen-bond donors (Lipinski definition) is 2. The molecule has 0 amide bonds. The standard InChI is InChI=1S/C14H16O2/c1-3-9-7-12-10(8-14(9)16)5-6-13(15)11(12)4-2/h5-8,15-16H,3-4H2,1-2H3. The van der Waals surface area contributed by atoms with Crippen molar-refractivity contribution >= 4 is 10.8 Å². The minimum Gasteiger partial charge on any atom is -0.508 e. The van der Waals surface area contributed by atoms with E-state index in [1.807, 2.05) is 26.0 Å². The molecule has 0 aliphatic heterocycles. The van der Waals surface area contributed by atoms with E-state index >= 15 is 0 Å². The monoisotopic (exact) mass is 216 g/mol. The van der Waals surface area contributed by atoms with Crippen LogP contribution in [0.25, 0.3) is 10.8 Å². The Morgan fingerprint density at radius 3 is 2.31 bits per heavy atom. The first-order valence-corrected chi connectivity index (χ1v) is 5.63. The zero-order chi connectivity index (χ0) is 11.7. The van der Waals surface area contributed by atoms with E-state index in [0.717, 1.165) is 34.7 Å². The van der Waals surface area contributed by atoms with E-state index in [9.17, 15) is 10.2 Å². The molecule has 0 spiro atoms. The van der Waals surface area contributed by atoms with Gasteiger partial charge in [-0.25, -0.2) is 0 Å². The summed E-state index contributed by atoms with van der Waals surface area (Å²) in [6.45, 7) is 4.03. The van der Waals surface area contributed by atoms with Crippen LogP contribution in [0.2, 0.25) is 0 Å². The second-order valence-electron chi connectivity index (χ2n) is 3.97. The third kappa shape index (κ3) is 1.60. The number of benzene rings is 2. The maximum Gasteiger partial charge on any atom is 0.119 e. The Morgan fingerprint density at radius 1 is 0.938 bits per heavy atom. The van der Waals surface area contributed by atoms with Gasteiger partial charge in [0.2, 0.25) is 0 Å². The van der Waals surface area contributed by atoms with E-state index in [4.69, 9.17) is 0 Å². The van der Waals surface area contributed by atoms with E-state index < -0.39 is 0 Å². The summed E-state index contributed by atoms with van der Waals surface area (Å²) in [5.74, 6) is 0.672. The predicted molar refractivity (Wildman–Crippen MR) is 66.0 cm³/mol. The van der Waals surface area contributed by atoms with Crippen LogP contribution in [0.3, 0.4) is 0 Å². The highest BCUT2D eigenvalue weighted by atomic mass is 16.3. The molecule has 0 aliphatic rings. The van der Waals surface area contributed by atoms with Crippen LogP contribution < -0.4 is 0 Å². The lowest BCUT2D eigenvalue weighted by molar-refractivity contribution is 0.467. The molecular formula is C14H16O2. The SMILES string of the molecule is CCc1cc2c(CC)c(O)ccc2cc1O. The second kappa shape index (κ2) is 4.05. The van der Waals surface area contributed by atoms with Gasteiger partial charge >= 0.3 is 0 Å². The quantitative estimate of drug-likeness (QED) is 0.808. The van der Waals surface area contributed by atoms with Gasteiger partial charge in [0.1, 0.15) is 11.5 Å². The normalized spacial score (nSPS) is 10.9. The summed E-state index contributed by atoms with van der Waals surface area (Å²) >= 11 is 0. The number of aryl methyl sites for hydroxylation is 2. The van der Waals surface area contributed by atoms with Crippen LogP contribution in [-0.2, 0) is 12.8 Å². The van der Waals surface area contributed by atoms with Crippen molar-refractivity contribution < 1.29 is 10.2 Å². The molecule has 0 bridgehead atoms. The molecule has 2 heteroatoms. The fourth-order valence-corrected chi connectivity index (χ4v) is 2.11. The topological polar surface area (TPSA) is 40.5 Å². The minimum atomic E-state index is 0.336. The Morgan fingerprint density at radius 2 is 1.69 bits per heavy atom. The highest BCUT2D eigenvalue weighted by molar-refractivity contribution is 5.89. The number of hydrogen-bond acceptors (Lipinski definition) is 2. The maximum atomic E-state index is 9.78. The fraction of sp³-hybridized carbons (Fsp3) is 0.286. The van der Waals surface area contributed by atoms with E-state index in [2.05, 4.69) is 0 Å². The van der Waals surface area contributed by atoms with Crippen molar-refractivity contribution in [3.05, 3.63) is 35.4 Å². The van der Waals surface area contributed by atoms with Crippen molar-refractivity contribution in [2.75, 3.05) is 0 Å². The van der Waals surface area contributed by atoms with E-state index in [-0.39, 0.29) is 0 Å². The summed E-state index contributed by atoms with van der Waals surface area (Å²) in [6, 6.07) is 7.27. The summed E-state index contributed by atoms with van der Waals surface area (Å²) in [4.78, 5) is 0. The van der Waals surface area contributed by atoms with Crippen molar-refractivity contribution in [1.29, 1.82) is 0 Å². The van der Waals surface area contributed by atoms with Gasteiger partial charge in [0, 0.05) is 5.56 Å². The third-order valence-corrected chi connectivity index (χ3v) is 3.04. The minimum absolute atomic E-state index is 0.336. The molecule has 2 nitrogen and oxygen atoms in total. The lowest BCUT2D eigenvalue weighted by Gasteiger charge is -2.10. The average Bonchev–Trinajstić information content (AvgIpc) is 2.28. The van der Waals surface area contributed by atoms with Crippen LogP contribution >= 0.6 is 0 Å². The van der Waals surface area contributed by atoms with E-state index in [1.54, 1.807) is 12.1 Å². The zero-order valence-electron chi connectivity index (χ0n) is 9.62. The summed E-state index contributed by atoms with van der Waals surface area (Å²) in [7, 11) is 0. The maximum absolute atomic E-state index is 9.78. The molecule has 0 aliphatic carbocycles. The van der Waals surface area contributed by atoms with Crippen molar-refractivity contribution in [2.24, 2.45) is 0 Å². The van der Waals surface area contributed by atoms with Gasteiger partial charge in [-0.15, -0.1) is 0 Å². The molecule has 0 fully saturated rings. The summed E-state index contributed by atoms with van der Waals surface area (Å²) in [5, 5.41) is 21.6. The Bertz CT molecular complexity index is 530. The van der Waals surface area contributed by atoms with E-state index in [0.29, 0.717) is 11.5 Å². The van der Waals surface area contributed by atoms with E-state index in [1.165, 1.54) is 0 Å². The molecule has 2 aromatic carbocycles. The highest BCUT2D eigenvalue weighted by Crippen LogP contribution is 2.32. The number of rotatable bonds is 2. The first-order chi connectivity index (χ1) is 7.67. The van der Waals surface area contributed by atoms with Crippen LogP contribution in [-0.4, -0.2) is 10.2 Å². The Balaban J connectivity index is 2.81. The van der Waals surface area contributed by atoms with Gasteiger partial charge in [-0.1, -0.05) is 19.9 Å². The average molecular weight is 216 g/mol. The zero-order valence-corrected chi connectivity index (χ0v) is 9.62. The molecule has 84 valence electrons. The number of aromatic hydroxyl groups is 2. The van der Waals surface area contributed by atoms with Gasteiger partial charge in [0.15, 0.2) is 0 Å². The van der Waals surface area contributed by atoms with Gasteiger partial charge in [0.05, 0.1) is 0 Å². The second-order valence-corrected chi connectivity index (χ2v) is 3.97. The number of phenolic OH excluding ortho intramolecular Hbond substituents is 2. The Hall–Kier alpha value is -1.70. The summed E-state index contributed by atoms with van der Waals surface area (Å²) in [6.07, 6.45) is 1.58. The molecule has 0 heterocycles. The Kier molecular flexibility index (Phi) is 2.73. The van der Waals surface area contributed by atoms with Crippen LogP contribution in [0, 0.1) is 0 Å². The van der Waals surface area contributed by atoms with Gasteiger partial charge in [-0.2, -0.15) is 0 Å². The van der Waals surface area contributed by atoms with Crippen LogP contribution in [0.1, 0.15) is 25.0 Å². The Labute approximate surface area is 95.2 Å². The van der Waals surface area contributed by atoms with Crippen molar-refractivity contribution in [2.45, 2.75) is 26.7 Å². The number of fused-ring (bicyclic) bond motifs is 1. The largest absolute Gasteiger partial charge is 0.508 e. The molecule has 16 heavy (non-hydrogen) atoms. The van der Waals surface area contributed by atoms with Crippen LogP contribution in [0.15, 0.2) is 24.3 Å². The van der Waals surface area contributed by atoms with Crippen LogP contribution in [0.4, 0.5) is 0 Å². The van der Waals surface area contributed by atoms with Crippen LogP contribution in [0.5, 0.6) is 11.5 Å². The molecule has 0 saturated heterocycles. The van der Waals surface area contributed by atoms with Crippen molar-refractivity contribution in [3.8, 4) is 11.5 Å². The fourth-order valence-electron chi connectivity index (χ4n) is 2.11. The lowest BCUT2D eigenvalue weighted by atomic mass is 9.98. The predicted octanol–water partition coefficient (Wildman–Crippen LogP) is 3.38. The first-order valence-electron chi connectivity index (χ1n) is 5.63. The molecule has 2 rings (SSSR count).